The summed E-state index contributed by atoms with van der Waals surface area (Å²) in [6, 6.07) is 12.1. The Morgan fingerprint density at radius 1 is 0.750 bits per heavy atom. The largest absolute Gasteiger partial charge is 0.392 e. The molecule has 168 valence electrons. The average molecular weight is 453 g/mol. The topological polar surface area (TPSA) is 81.7 Å². The molecule has 0 spiro atoms. The van der Waals surface area contributed by atoms with E-state index < -0.39 is 0 Å². The van der Waals surface area contributed by atoms with Crippen molar-refractivity contribution >= 4 is 11.6 Å². The van der Waals surface area contributed by atoms with E-state index in [0.29, 0.717) is 11.9 Å². The first-order chi connectivity index (χ1) is 15.5. The smallest absolute Gasteiger partial charge is 0.0938 e. The molecule has 0 bridgehead atoms. The third kappa shape index (κ3) is 5.23. The Hall–Kier alpha value is -3.03. The second-order valence-electron chi connectivity index (χ2n) is 7.82. The van der Waals surface area contributed by atoms with Crippen molar-refractivity contribution in [1.82, 2.24) is 29.5 Å². The van der Waals surface area contributed by atoms with Gasteiger partial charge in [-0.15, -0.1) is 11.6 Å². The second kappa shape index (κ2) is 11.0. The highest BCUT2D eigenvalue weighted by molar-refractivity contribution is 6.17. The van der Waals surface area contributed by atoms with E-state index in [0.717, 1.165) is 33.9 Å². The molecule has 4 aromatic heterocycles. The number of halogens is 1. The van der Waals surface area contributed by atoms with E-state index in [9.17, 15) is 5.11 Å². The Labute approximate surface area is 193 Å². The van der Waals surface area contributed by atoms with Crippen LogP contribution in [0, 0.1) is 0 Å². The molecule has 7 nitrogen and oxygen atoms in total. The molecule has 0 amide bonds. The highest BCUT2D eigenvalue weighted by Crippen LogP contribution is 2.25. The van der Waals surface area contributed by atoms with Gasteiger partial charge < -0.3 is 5.11 Å². The molecule has 0 aliphatic heterocycles. The number of aromatic nitrogens is 6. The van der Waals surface area contributed by atoms with Crippen LogP contribution in [0.5, 0.6) is 0 Å². The molecule has 0 radical (unpaired) electrons. The van der Waals surface area contributed by atoms with Crippen molar-refractivity contribution in [3.63, 3.8) is 0 Å². The Balaban J connectivity index is 0.000000181. The van der Waals surface area contributed by atoms with Gasteiger partial charge in [0.15, 0.2) is 0 Å². The van der Waals surface area contributed by atoms with Crippen LogP contribution < -0.4 is 0 Å². The molecule has 1 N–H and O–H groups in total. The fraction of sp³-hybridized carbons (Fsp3) is 0.333. The zero-order valence-corrected chi connectivity index (χ0v) is 19.6. The van der Waals surface area contributed by atoms with Crippen molar-refractivity contribution < 1.29 is 5.11 Å². The van der Waals surface area contributed by atoms with Gasteiger partial charge in [-0.25, -0.2) is 0 Å². The second-order valence-corrected chi connectivity index (χ2v) is 8.09. The van der Waals surface area contributed by atoms with Gasteiger partial charge in [0, 0.05) is 48.3 Å². The van der Waals surface area contributed by atoms with Crippen molar-refractivity contribution in [2.75, 3.05) is 0 Å². The Morgan fingerprint density at radius 3 is 1.66 bits per heavy atom. The summed E-state index contributed by atoms with van der Waals surface area (Å²) in [5.74, 6) is 0.465. The molecule has 0 unspecified atom stereocenters. The van der Waals surface area contributed by atoms with E-state index in [-0.39, 0.29) is 12.6 Å². The number of alkyl halides is 1. The van der Waals surface area contributed by atoms with E-state index in [2.05, 4.69) is 47.9 Å². The summed E-state index contributed by atoms with van der Waals surface area (Å²) >= 11 is 5.91. The quantitative estimate of drug-likeness (QED) is 0.402. The highest BCUT2D eigenvalue weighted by atomic mass is 35.5. The molecule has 0 atom stereocenters. The number of hydrogen-bond donors (Lipinski definition) is 1. The summed E-state index contributed by atoms with van der Waals surface area (Å²) in [4.78, 5) is 8.70. The molecule has 0 aromatic carbocycles. The SMILES string of the molecule is CC(C)n1nccc1-c1ncccc1CCl.CC(C)n1nccc1-c1ncccc1CO. The molecular formula is C24H29ClN6O. The minimum atomic E-state index is -0.00749. The highest BCUT2D eigenvalue weighted by Gasteiger charge is 2.13. The van der Waals surface area contributed by atoms with Crippen molar-refractivity contribution in [3.05, 3.63) is 72.3 Å². The fourth-order valence-corrected chi connectivity index (χ4v) is 3.62. The lowest BCUT2D eigenvalue weighted by atomic mass is 10.1. The number of nitrogens with zero attached hydrogens (tertiary/aromatic N) is 6. The standard InChI is InChI=1S/C12H14ClN3.C12H15N3O/c1-9(2)16-11(5-7-15-16)12-10(8-13)4-3-6-14-12;1-9(2)15-11(5-7-14-15)12-10(8-16)4-3-6-13-12/h3-7,9H,8H2,1-2H3;3-7,9,16H,8H2,1-2H3. The third-order valence-corrected chi connectivity index (χ3v) is 5.19. The summed E-state index contributed by atoms with van der Waals surface area (Å²) in [6.45, 7) is 8.32. The molecule has 32 heavy (non-hydrogen) atoms. The molecule has 4 heterocycles. The summed E-state index contributed by atoms with van der Waals surface area (Å²) in [5, 5.41) is 17.8. The zero-order valence-electron chi connectivity index (χ0n) is 18.9. The molecule has 0 saturated heterocycles. The van der Waals surface area contributed by atoms with E-state index in [1.807, 2.05) is 45.8 Å². The van der Waals surface area contributed by atoms with Crippen molar-refractivity contribution in [1.29, 1.82) is 0 Å². The van der Waals surface area contributed by atoms with Gasteiger partial charge in [-0.05, 0) is 57.5 Å². The predicted octanol–water partition coefficient (Wildman–Crippen LogP) is 5.28. The average Bonchev–Trinajstić information content (AvgIpc) is 3.49. The van der Waals surface area contributed by atoms with Gasteiger partial charge in [-0.3, -0.25) is 19.3 Å². The van der Waals surface area contributed by atoms with Crippen LogP contribution in [0.15, 0.2) is 61.2 Å². The maximum absolute atomic E-state index is 9.28. The van der Waals surface area contributed by atoms with E-state index in [1.165, 1.54) is 0 Å². The molecule has 0 aliphatic rings. The van der Waals surface area contributed by atoms with Crippen LogP contribution in [0.1, 0.15) is 50.9 Å². The van der Waals surface area contributed by atoms with Gasteiger partial charge in [0.05, 0.1) is 29.4 Å². The minimum absolute atomic E-state index is 0.00749. The monoisotopic (exact) mass is 452 g/mol. The van der Waals surface area contributed by atoms with Crippen LogP contribution in [0.4, 0.5) is 0 Å². The number of pyridine rings is 2. The summed E-state index contributed by atoms with van der Waals surface area (Å²) in [6.07, 6.45) is 7.06. The van der Waals surface area contributed by atoms with Crippen LogP contribution in [0.2, 0.25) is 0 Å². The molecule has 8 heteroatoms. The van der Waals surface area contributed by atoms with Crippen molar-refractivity contribution in [2.45, 2.75) is 52.3 Å². The summed E-state index contributed by atoms with van der Waals surface area (Å²) in [7, 11) is 0. The molecule has 4 aromatic rings. The van der Waals surface area contributed by atoms with Gasteiger partial charge in [-0.1, -0.05) is 12.1 Å². The molecular weight excluding hydrogens is 424 g/mol. The number of aliphatic hydroxyl groups excluding tert-OH is 1. The number of hydrogen-bond acceptors (Lipinski definition) is 5. The van der Waals surface area contributed by atoms with Gasteiger partial charge in [0.2, 0.25) is 0 Å². The Morgan fingerprint density at radius 2 is 1.22 bits per heavy atom. The van der Waals surface area contributed by atoms with Crippen LogP contribution >= 0.6 is 11.6 Å². The fourth-order valence-electron chi connectivity index (χ4n) is 3.40. The van der Waals surface area contributed by atoms with Gasteiger partial charge in [0.1, 0.15) is 0 Å². The lowest BCUT2D eigenvalue weighted by molar-refractivity contribution is 0.282. The first-order valence-electron chi connectivity index (χ1n) is 10.6. The van der Waals surface area contributed by atoms with Crippen LogP contribution in [0.3, 0.4) is 0 Å². The maximum atomic E-state index is 9.28. The van der Waals surface area contributed by atoms with Crippen LogP contribution in [-0.4, -0.2) is 34.6 Å². The first-order valence-corrected chi connectivity index (χ1v) is 11.1. The van der Waals surface area contributed by atoms with Crippen LogP contribution in [-0.2, 0) is 12.5 Å². The first kappa shape index (κ1) is 23.6. The maximum Gasteiger partial charge on any atom is 0.0938 e. The third-order valence-electron chi connectivity index (χ3n) is 4.90. The number of rotatable bonds is 6. The van der Waals surface area contributed by atoms with Gasteiger partial charge in [-0.2, -0.15) is 10.2 Å². The van der Waals surface area contributed by atoms with Gasteiger partial charge >= 0.3 is 0 Å². The van der Waals surface area contributed by atoms with E-state index in [4.69, 9.17) is 11.6 Å². The summed E-state index contributed by atoms with van der Waals surface area (Å²) < 4.78 is 3.86. The Bertz CT molecular complexity index is 1040. The number of aliphatic hydroxyl groups is 1. The van der Waals surface area contributed by atoms with E-state index >= 15 is 0 Å². The molecule has 0 aliphatic carbocycles. The molecule has 0 saturated carbocycles. The summed E-state index contributed by atoms with van der Waals surface area (Å²) in [5.41, 5.74) is 5.54. The normalized spacial score (nSPS) is 11.0. The van der Waals surface area contributed by atoms with Crippen molar-refractivity contribution in [2.24, 2.45) is 0 Å². The minimum Gasteiger partial charge on any atom is -0.392 e. The predicted molar refractivity (Wildman–Crippen MR) is 127 cm³/mol. The lowest BCUT2D eigenvalue weighted by Gasteiger charge is -2.12. The van der Waals surface area contributed by atoms with Gasteiger partial charge in [0.25, 0.3) is 0 Å². The Kier molecular flexibility index (Phi) is 8.14. The van der Waals surface area contributed by atoms with E-state index in [1.54, 1.807) is 24.8 Å². The zero-order chi connectivity index (χ0) is 23.1. The lowest BCUT2D eigenvalue weighted by Crippen LogP contribution is -2.06. The van der Waals surface area contributed by atoms with Crippen LogP contribution in [0.25, 0.3) is 22.8 Å². The molecule has 4 rings (SSSR count). The molecule has 0 fully saturated rings. The van der Waals surface area contributed by atoms with Crippen molar-refractivity contribution in [3.8, 4) is 22.8 Å².